The van der Waals surface area contributed by atoms with Crippen molar-refractivity contribution < 1.29 is 4.79 Å². The first-order valence-corrected chi connectivity index (χ1v) is 8.03. The number of nitrogen functional groups attached to an aromatic ring is 1. The first kappa shape index (κ1) is 13.4. The van der Waals surface area contributed by atoms with Gasteiger partial charge in [0.25, 0.3) is 5.91 Å². The van der Waals surface area contributed by atoms with Gasteiger partial charge in [0, 0.05) is 22.7 Å². The predicted octanol–water partition coefficient (Wildman–Crippen LogP) is 3.81. The van der Waals surface area contributed by atoms with Crippen molar-refractivity contribution in [1.82, 2.24) is 4.90 Å². The highest BCUT2D eigenvalue weighted by Crippen LogP contribution is 2.38. The number of benzene rings is 1. The molecule has 1 aromatic carbocycles. The number of carbonyl (C=O) groups excluding carboxylic acids is 1. The zero-order valence-electron chi connectivity index (χ0n) is 12.0. The van der Waals surface area contributed by atoms with Crippen LogP contribution in [0.5, 0.6) is 0 Å². The van der Waals surface area contributed by atoms with E-state index >= 15 is 0 Å². The number of fused-ring (bicyclic) bond motifs is 1. The lowest BCUT2D eigenvalue weighted by atomic mass is 10.1. The lowest BCUT2D eigenvalue weighted by molar-refractivity contribution is 0.0749. The van der Waals surface area contributed by atoms with Gasteiger partial charge in [0.1, 0.15) is 4.88 Å². The van der Waals surface area contributed by atoms with Crippen LogP contribution in [0.3, 0.4) is 0 Å². The minimum Gasteiger partial charge on any atom is -0.397 e. The molecule has 20 heavy (non-hydrogen) atoms. The number of anilines is 1. The monoisotopic (exact) mass is 288 g/mol. The standard InChI is InChI=1S/C16H20N2OS/c1-3-9-18(11-7-8-11)16(19)15-13(17)12-6-4-5-10(2)14(12)20-15/h4-6,11H,3,7-9,17H2,1-2H3. The van der Waals surface area contributed by atoms with Crippen LogP contribution in [0.4, 0.5) is 5.69 Å². The minimum absolute atomic E-state index is 0.118. The molecule has 0 unspecified atom stereocenters. The Bertz CT molecular complexity index is 658. The molecule has 0 saturated heterocycles. The quantitative estimate of drug-likeness (QED) is 0.930. The molecule has 106 valence electrons. The third-order valence-electron chi connectivity index (χ3n) is 3.86. The average molecular weight is 288 g/mol. The van der Waals surface area contributed by atoms with E-state index in [1.807, 2.05) is 17.0 Å². The number of hydrogen-bond donors (Lipinski definition) is 1. The molecule has 1 aliphatic carbocycles. The summed E-state index contributed by atoms with van der Waals surface area (Å²) in [7, 11) is 0. The van der Waals surface area contributed by atoms with E-state index in [4.69, 9.17) is 5.73 Å². The molecular formula is C16H20N2OS. The van der Waals surface area contributed by atoms with E-state index in [0.29, 0.717) is 11.7 Å². The van der Waals surface area contributed by atoms with Crippen LogP contribution in [0.2, 0.25) is 0 Å². The molecule has 1 aliphatic rings. The number of nitrogens with two attached hydrogens (primary N) is 1. The summed E-state index contributed by atoms with van der Waals surface area (Å²) in [5, 5.41) is 1.02. The third-order valence-corrected chi connectivity index (χ3v) is 5.20. The van der Waals surface area contributed by atoms with Crippen LogP contribution in [0.1, 0.15) is 41.4 Å². The molecule has 1 saturated carbocycles. The molecule has 3 nitrogen and oxygen atoms in total. The Hall–Kier alpha value is -1.55. The van der Waals surface area contributed by atoms with Gasteiger partial charge in [-0.3, -0.25) is 4.79 Å². The van der Waals surface area contributed by atoms with Crippen LogP contribution in [-0.2, 0) is 0 Å². The van der Waals surface area contributed by atoms with Gasteiger partial charge in [0.15, 0.2) is 0 Å². The second-order valence-electron chi connectivity index (χ2n) is 5.53. The largest absolute Gasteiger partial charge is 0.397 e. The molecule has 0 bridgehead atoms. The topological polar surface area (TPSA) is 46.3 Å². The van der Waals surface area contributed by atoms with Crippen molar-refractivity contribution in [3.63, 3.8) is 0 Å². The van der Waals surface area contributed by atoms with Crippen LogP contribution < -0.4 is 5.73 Å². The van der Waals surface area contributed by atoms with E-state index in [9.17, 15) is 4.79 Å². The van der Waals surface area contributed by atoms with Crippen molar-refractivity contribution in [1.29, 1.82) is 0 Å². The zero-order valence-corrected chi connectivity index (χ0v) is 12.8. The van der Waals surface area contributed by atoms with Gasteiger partial charge in [-0.15, -0.1) is 11.3 Å². The smallest absolute Gasteiger partial charge is 0.266 e. The molecule has 0 aliphatic heterocycles. The van der Waals surface area contributed by atoms with Gasteiger partial charge in [-0.05, 0) is 31.7 Å². The van der Waals surface area contributed by atoms with Crippen molar-refractivity contribution in [3.8, 4) is 0 Å². The van der Waals surface area contributed by atoms with Crippen molar-refractivity contribution in [2.75, 3.05) is 12.3 Å². The van der Waals surface area contributed by atoms with E-state index in [1.165, 1.54) is 5.56 Å². The summed E-state index contributed by atoms with van der Waals surface area (Å²) in [6.45, 7) is 5.01. The maximum atomic E-state index is 12.8. The van der Waals surface area contributed by atoms with Gasteiger partial charge in [0.2, 0.25) is 0 Å². The first-order chi connectivity index (χ1) is 9.63. The van der Waals surface area contributed by atoms with E-state index in [0.717, 1.165) is 40.8 Å². The highest BCUT2D eigenvalue weighted by Gasteiger charge is 2.34. The van der Waals surface area contributed by atoms with E-state index < -0.39 is 0 Å². The molecule has 1 heterocycles. The van der Waals surface area contributed by atoms with Gasteiger partial charge in [-0.2, -0.15) is 0 Å². The number of rotatable bonds is 4. The molecular weight excluding hydrogens is 268 g/mol. The Morgan fingerprint density at radius 2 is 2.20 bits per heavy atom. The Labute approximate surface area is 123 Å². The third kappa shape index (κ3) is 2.18. The summed E-state index contributed by atoms with van der Waals surface area (Å²) in [5.41, 5.74) is 8.07. The number of amides is 1. The second-order valence-corrected chi connectivity index (χ2v) is 6.55. The molecule has 0 radical (unpaired) electrons. The van der Waals surface area contributed by atoms with Crippen molar-refractivity contribution >= 4 is 33.0 Å². The van der Waals surface area contributed by atoms with Crippen LogP contribution >= 0.6 is 11.3 Å². The lowest BCUT2D eigenvalue weighted by Crippen LogP contribution is -2.33. The summed E-state index contributed by atoms with van der Waals surface area (Å²) < 4.78 is 1.14. The summed E-state index contributed by atoms with van der Waals surface area (Å²) in [6, 6.07) is 6.51. The fourth-order valence-electron chi connectivity index (χ4n) is 2.65. The molecule has 1 aromatic heterocycles. The summed E-state index contributed by atoms with van der Waals surface area (Å²) in [4.78, 5) is 15.5. The molecule has 4 heteroatoms. The Morgan fingerprint density at radius 3 is 2.80 bits per heavy atom. The number of aryl methyl sites for hydroxylation is 1. The molecule has 0 spiro atoms. The number of hydrogen-bond acceptors (Lipinski definition) is 3. The summed E-state index contributed by atoms with van der Waals surface area (Å²) in [6.07, 6.45) is 3.26. The number of nitrogens with zero attached hydrogens (tertiary/aromatic N) is 1. The fourth-order valence-corrected chi connectivity index (χ4v) is 3.79. The summed E-state index contributed by atoms with van der Waals surface area (Å²) in [5.74, 6) is 0.118. The van der Waals surface area contributed by atoms with Crippen LogP contribution in [0, 0.1) is 6.92 Å². The highest BCUT2D eigenvalue weighted by atomic mass is 32.1. The van der Waals surface area contributed by atoms with Crippen LogP contribution in [0.15, 0.2) is 18.2 Å². The van der Waals surface area contributed by atoms with Gasteiger partial charge in [-0.25, -0.2) is 0 Å². The van der Waals surface area contributed by atoms with E-state index in [1.54, 1.807) is 11.3 Å². The first-order valence-electron chi connectivity index (χ1n) is 7.22. The zero-order chi connectivity index (χ0) is 14.3. The number of thiophene rings is 1. The fraction of sp³-hybridized carbons (Fsp3) is 0.438. The van der Waals surface area contributed by atoms with Crippen molar-refractivity contribution in [2.45, 2.75) is 39.2 Å². The molecule has 2 N–H and O–H groups in total. The Morgan fingerprint density at radius 1 is 1.45 bits per heavy atom. The normalized spacial score (nSPS) is 14.7. The maximum Gasteiger partial charge on any atom is 0.266 e. The van der Waals surface area contributed by atoms with Gasteiger partial charge in [-0.1, -0.05) is 25.1 Å². The van der Waals surface area contributed by atoms with E-state index in [-0.39, 0.29) is 5.91 Å². The molecule has 2 aromatic rings. The van der Waals surface area contributed by atoms with Crippen LogP contribution in [-0.4, -0.2) is 23.4 Å². The van der Waals surface area contributed by atoms with Gasteiger partial charge in [0.05, 0.1) is 5.69 Å². The SMILES string of the molecule is CCCN(C(=O)c1sc2c(C)cccc2c1N)C1CC1. The minimum atomic E-state index is 0.118. The van der Waals surface area contributed by atoms with Gasteiger partial charge >= 0.3 is 0 Å². The Balaban J connectivity index is 2.02. The van der Waals surface area contributed by atoms with Crippen molar-refractivity contribution in [2.24, 2.45) is 0 Å². The molecule has 3 rings (SSSR count). The van der Waals surface area contributed by atoms with Gasteiger partial charge < -0.3 is 10.6 Å². The maximum absolute atomic E-state index is 12.8. The predicted molar refractivity (Wildman–Crippen MR) is 85.3 cm³/mol. The lowest BCUT2D eigenvalue weighted by Gasteiger charge is -2.21. The number of carbonyl (C=O) groups is 1. The Kier molecular flexibility index (Phi) is 3.42. The molecule has 0 atom stereocenters. The van der Waals surface area contributed by atoms with E-state index in [2.05, 4.69) is 19.9 Å². The molecule has 1 fully saturated rings. The second kappa shape index (κ2) is 5.09. The highest BCUT2D eigenvalue weighted by molar-refractivity contribution is 7.21. The summed E-state index contributed by atoms with van der Waals surface area (Å²) >= 11 is 1.54. The molecule has 1 amide bonds. The van der Waals surface area contributed by atoms with Crippen molar-refractivity contribution in [3.05, 3.63) is 28.6 Å². The van der Waals surface area contributed by atoms with Crippen LogP contribution in [0.25, 0.3) is 10.1 Å². The average Bonchev–Trinajstić information content (AvgIpc) is 3.21.